The quantitative estimate of drug-likeness (QED) is 0.248. The fraction of sp³-hybridized carbons (Fsp3) is 0.381. The van der Waals surface area contributed by atoms with E-state index in [9.17, 15) is 24.3 Å². The summed E-state index contributed by atoms with van der Waals surface area (Å²) in [7, 11) is 3.26. The van der Waals surface area contributed by atoms with E-state index in [0.29, 0.717) is 24.6 Å². The Bertz CT molecular complexity index is 1120. The number of nitrogen functional groups attached to an aromatic ring is 1. The topological polar surface area (TPSA) is 195 Å². The lowest BCUT2D eigenvalue weighted by atomic mass is 10.1. The van der Waals surface area contributed by atoms with Gasteiger partial charge in [0.25, 0.3) is 11.5 Å². The third-order valence-electron chi connectivity index (χ3n) is 5.55. The fourth-order valence-electron chi connectivity index (χ4n) is 3.55. The molecule has 0 bridgehead atoms. The van der Waals surface area contributed by atoms with Crippen LogP contribution < -0.4 is 37.5 Å². The number of benzene rings is 1. The number of rotatable bonds is 9. The van der Waals surface area contributed by atoms with Crippen molar-refractivity contribution in [2.45, 2.75) is 24.9 Å². The lowest BCUT2D eigenvalue weighted by Gasteiger charge is -2.35. The van der Waals surface area contributed by atoms with Gasteiger partial charge in [0, 0.05) is 44.9 Å². The molecule has 0 unspecified atom stereocenters. The number of aromatic nitrogens is 2. The molecular weight excluding hydrogens is 444 g/mol. The van der Waals surface area contributed by atoms with Gasteiger partial charge in [-0.3, -0.25) is 19.4 Å². The van der Waals surface area contributed by atoms with Gasteiger partial charge in [-0.05, 0) is 30.7 Å². The second kappa shape index (κ2) is 10.6. The molecule has 1 aromatic carbocycles. The van der Waals surface area contributed by atoms with Crippen LogP contribution in [0.15, 0.2) is 29.1 Å². The molecule has 8 N–H and O–H groups in total. The molecule has 0 radical (unpaired) electrons. The number of nitrogens with zero attached hydrogens (tertiary/aromatic N) is 2. The average Bonchev–Trinajstić information content (AvgIpc) is 2.80. The van der Waals surface area contributed by atoms with Gasteiger partial charge in [0.1, 0.15) is 11.7 Å². The van der Waals surface area contributed by atoms with Gasteiger partial charge in [-0.15, -0.1) is 0 Å². The molecule has 0 saturated heterocycles. The first-order chi connectivity index (χ1) is 16.2. The number of likely N-dealkylation sites (N-methyl/N-ethyl adjacent to an activating group) is 1. The maximum absolute atomic E-state index is 12.4. The molecule has 1 aromatic heterocycles. The molecule has 1 aliphatic heterocycles. The van der Waals surface area contributed by atoms with Crippen LogP contribution in [0.3, 0.4) is 0 Å². The standard InChI is InChI=1S/C21H28N8O5/c1-23-15(30)8-7-14(20(33)34)26-18(31)11-3-5-12(6-4-11)24-9-13-10-25-17-16(29(13)2)19(32)28-21(22)27-17/h3-6,13-14,24H,7-10H2,1-2H3,(H,23,30)(H,26,31)(H,33,34)(H4,22,25,27,28,32)/t13-,14+/m1/s1. The number of H-pyrrole nitrogens is 1. The Labute approximate surface area is 195 Å². The summed E-state index contributed by atoms with van der Waals surface area (Å²) >= 11 is 0. The lowest BCUT2D eigenvalue weighted by Crippen LogP contribution is -2.48. The average molecular weight is 473 g/mol. The van der Waals surface area contributed by atoms with Gasteiger partial charge >= 0.3 is 5.97 Å². The molecule has 1 aliphatic rings. The van der Waals surface area contributed by atoms with E-state index in [4.69, 9.17) is 5.73 Å². The van der Waals surface area contributed by atoms with Gasteiger partial charge in [-0.25, -0.2) is 4.79 Å². The molecule has 2 atom stereocenters. The van der Waals surface area contributed by atoms with Gasteiger partial charge in [0.2, 0.25) is 11.9 Å². The monoisotopic (exact) mass is 472 g/mol. The number of nitrogens with two attached hydrogens (primary N) is 1. The number of hydrogen-bond donors (Lipinski definition) is 7. The number of amides is 2. The van der Waals surface area contributed by atoms with Crippen molar-refractivity contribution in [3.05, 3.63) is 40.2 Å². The smallest absolute Gasteiger partial charge is 0.326 e. The minimum absolute atomic E-state index is 0.0130. The Balaban J connectivity index is 1.57. The van der Waals surface area contributed by atoms with Crippen molar-refractivity contribution in [2.75, 3.05) is 48.5 Å². The molecule has 13 heteroatoms. The van der Waals surface area contributed by atoms with Crippen LogP contribution in [0.5, 0.6) is 0 Å². The Morgan fingerprint density at radius 2 is 2.00 bits per heavy atom. The summed E-state index contributed by atoms with van der Waals surface area (Å²) in [4.78, 5) is 55.9. The normalized spacial score (nSPS) is 15.5. The van der Waals surface area contributed by atoms with E-state index < -0.39 is 17.9 Å². The van der Waals surface area contributed by atoms with E-state index in [1.165, 1.54) is 7.05 Å². The van der Waals surface area contributed by atoms with E-state index in [1.807, 2.05) is 4.90 Å². The van der Waals surface area contributed by atoms with E-state index in [-0.39, 0.29) is 41.9 Å². The number of carboxylic acid groups (broad SMARTS) is 1. The van der Waals surface area contributed by atoms with Gasteiger partial charge in [-0.2, -0.15) is 4.98 Å². The van der Waals surface area contributed by atoms with E-state index in [1.54, 1.807) is 31.3 Å². The minimum atomic E-state index is -1.21. The molecule has 2 heterocycles. The highest BCUT2D eigenvalue weighted by molar-refractivity contribution is 5.97. The third-order valence-corrected chi connectivity index (χ3v) is 5.55. The highest BCUT2D eigenvalue weighted by Gasteiger charge is 2.27. The molecule has 34 heavy (non-hydrogen) atoms. The van der Waals surface area contributed by atoms with Gasteiger partial charge in [0.05, 0.1) is 6.04 Å². The predicted octanol–water partition coefficient (Wildman–Crippen LogP) is -0.596. The summed E-state index contributed by atoms with van der Waals surface area (Å²) in [6, 6.07) is 5.32. The molecular formula is C21H28N8O5. The number of fused-ring (bicyclic) bond motifs is 1. The first kappa shape index (κ1) is 24.4. The van der Waals surface area contributed by atoms with Crippen LogP contribution >= 0.6 is 0 Å². The molecule has 3 rings (SSSR count). The number of carboxylic acids is 1. The SMILES string of the molecule is CNC(=O)CC[C@H](NC(=O)c1ccc(NC[C@@H]2CNc3nc(N)[nH]c(=O)c3N2C)cc1)C(=O)O. The Morgan fingerprint density at radius 3 is 2.65 bits per heavy atom. The van der Waals surface area contributed by atoms with Crippen molar-refractivity contribution in [1.82, 2.24) is 20.6 Å². The van der Waals surface area contributed by atoms with Crippen molar-refractivity contribution >= 4 is 40.9 Å². The van der Waals surface area contributed by atoms with Crippen molar-refractivity contribution < 1.29 is 19.5 Å². The molecule has 2 aromatic rings. The van der Waals surface area contributed by atoms with Gasteiger partial charge < -0.3 is 37.0 Å². The summed E-state index contributed by atoms with van der Waals surface area (Å²) < 4.78 is 0. The molecule has 0 spiro atoms. The van der Waals surface area contributed by atoms with Crippen LogP contribution in [-0.4, -0.2) is 72.1 Å². The second-order valence-electron chi connectivity index (χ2n) is 7.83. The zero-order valence-electron chi connectivity index (χ0n) is 18.8. The summed E-state index contributed by atoms with van der Waals surface area (Å²) in [5.41, 5.74) is 6.71. The molecule has 0 fully saturated rings. The number of carbonyl (C=O) groups is 3. The van der Waals surface area contributed by atoms with E-state index >= 15 is 0 Å². The number of carbonyl (C=O) groups excluding carboxylic acids is 2. The number of nitrogens with one attached hydrogen (secondary N) is 5. The predicted molar refractivity (Wildman–Crippen MR) is 127 cm³/mol. The van der Waals surface area contributed by atoms with Gasteiger partial charge in [0.15, 0.2) is 5.82 Å². The summed E-state index contributed by atoms with van der Waals surface area (Å²) in [6.45, 7) is 1.04. The molecule has 0 saturated carbocycles. The molecule has 2 amide bonds. The van der Waals surface area contributed by atoms with Crippen molar-refractivity contribution in [1.29, 1.82) is 0 Å². The zero-order valence-corrected chi connectivity index (χ0v) is 18.8. The maximum atomic E-state index is 12.4. The first-order valence-electron chi connectivity index (χ1n) is 10.6. The minimum Gasteiger partial charge on any atom is -0.480 e. The summed E-state index contributed by atoms with van der Waals surface area (Å²) in [5, 5.41) is 20.5. The summed E-state index contributed by atoms with van der Waals surface area (Å²) in [5.74, 6) is -1.58. The van der Waals surface area contributed by atoms with Crippen LogP contribution in [0.4, 0.5) is 23.1 Å². The van der Waals surface area contributed by atoms with E-state index in [2.05, 4.69) is 31.2 Å². The van der Waals surface area contributed by atoms with Crippen molar-refractivity contribution in [2.24, 2.45) is 0 Å². The molecule has 13 nitrogen and oxygen atoms in total. The van der Waals surface area contributed by atoms with Crippen molar-refractivity contribution in [3.8, 4) is 0 Å². The second-order valence-corrected chi connectivity index (χ2v) is 7.83. The van der Waals surface area contributed by atoms with Crippen LogP contribution in [0.2, 0.25) is 0 Å². The highest BCUT2D eigenvalue weighted by Crippen LogP contribution is 2.25. The number of aromatic amines is 1. The van der Waals surface area contributed by atoms with E-state index in [0.717, 1.165) is 5.69 Å². The Kier molecular flexibility index (Phi) is 7.56. The van der Waals surface area contributed by atoms with Crippen LogP contribution in [0, 0.1) is 0 Å². The van der Waals surface area contributed by atoms with Gasteiger partial charge in [-0.1, -0.05) is 0 Å². The van der Waals surface area contributed by atoms with Crippen LogP contribution in [0.1, 0.15) is 23.2 Å². The number of aliphatic carboxylic acids is 1. The van der Waals surface area contributed by atoms with Crippen molar-refractivity contribution in [3.63, 3.8) is 0 Å². The zero-order chi connectivity index (χ0) is 24.8. The Hall–Kier alpha value is -4.29. The number of hydrogen-bond acceptors (Lipinski definition) is 9. The summed E-state index contributed by atoms with van der Waals surface area (Å²) in [6.07, 6.45) is -0.0295. The first-order valence-corrected chi connectivity index (χ1v) is 10.6. The molecule has 0 aliphatic carbocycles. The maximum Gasteiger partial charge on any atom is 0.326 e. The highest BCUT2D eigenvalue weighted by atomic mass is 16.4. The van der Waals surface area contributed by atoms with Crippen LogP contribution in [-0.2, 0) is 9.59 Å². The third kappa shape index (κ3) is 5.74. The van der Waals surface area contributed by atoms with Crippen LogP contribution in [0.25, 0.3) is 0 Å². The largest absolute Gasteiger partial charge is 0.480 e. The fourth-order valence-corrected chi connectivity index (χ4v) is 3.55. The lowest BCUT2D eigenvalue weighted by molar-refractivity contribution is -0.139. The molecule has 182 valence electrons. The number of anilines is 4. The Morgan fingerprint density at radius 1 is 1.29 bits per heavy atom.